The van der Waals surface area contributed by atoms with Crippen LogP contribution in [0.4, 0.5) is 0 Å². The van der Waals surface area contributed by atoms with Crippen molar-refractivity contribution in [1.82, 2.24) is 0 Å². The number of hydrogen-bond donors (Lipinski definition) is 0. The van der Waals surface area contributed by atoms with Crippen molar-refractivity contribution < 1.29 is 19.0 Å². The molecular formula is C13H22O4. The summed E-state index contributed by atoms with van der Waals surface area (Å²) in [5, 5.41) is 0. The standard InChI is InChI=1S/C13H22O4/c1-3-4-8-13(16-9-10-17-13)12(6-5-7-12)11(14)15-2/h3-10H2,1-2H3. The van der Waals surface area contributed by atoms with Gasteiger partial charge in [0.05, 0.1) is 20.3 Å². The van der Waals surface area contributed by atoms with Gasteiger partial charge in [0.25, 0.3) is 0 Å². The molecule has 1 saturated heterocycles. The topological polar surface area (TPSA) is 44.8 Å². The first-order valence-corrected chi connectivity index (χ1v) is 6.57. The summed E-state index contributed by atoms with van der Waals surface area (Å²) in [5.74, 6) is -0.879. The lowest BCUT2D eigenvalue weighted by Gasteiger charge is -2.50. The summed E-state index contributed by atoms with van der Waals surface area (Å²) in [7, 11) is 1.45. The number of carbonyl (C=O) groups is 1. The Hall–Kier alpha value is -0.610. The van der Waals surface area contributed by atoms with Gasteiger partial charge >= 0.3 is 5.97 Å². The Morgan fingerprint density at radius 2 is 1.94 bits per heavy atom. The first kappa shape index (κ1) is 12.8. The fourth-order valence-electron chi connectivity index (χ4n) is 2.99. The number of methoxy groups -OCH3 is 1. The second-order valence-corrected chi connectivity index (χ2v) is 4.98. The minimum absolute atomic E-state index is 0.165. The molecule has 4 heteroatoms. The lowest BCUT2D eigenvalue weighted by atomic mass is 9.62. The van der Waals surface area contributed by atoms with Crippen molar-refractivity contribution in [3.63, 3.8) is 0 Å². The van der Waals surface area contributed by atoms with Crippen molar-refractivity contribution in [2.75, 3.05) is 20.3 Å². The van der Waals surface area contributed by atoms with Gasteiger partial charge in [-0.3, -0.25) is 4.79 Å². The molecule has 2 fully saturated rings. The van der Waals surface area contributed by atoms with Crippen LogP contribution in [0, 0.1) is 5.41 Å². The lowest BCUT2D eigenvalue weighted by Crippen LogP contribution is -2.58. The van der Waals surface area contributed by atoms with Gasteiger partial charge in [0.15, 0.2) is 5.79 Å². The number of hydrogen-bond acceptors (Lipinski definition) is 4. The highest BCUT2D eigenvalue weighted by Gasteiger charge is 2.63. The number of rotatable bonds is 5. The number of ether oxygens (including phenoxy) is 3. The van der Waals surface area contributed by atoms with Crippen LogP contribution in [0.3, 0.4) is 0 Å². The Bertz CT molecular complexity index is 277. The van der Waals surface area contributed by atoms with Gasteiger partial charge in [0.2, 0.25) is 0 Å². The molecule has 0 atom stereocenters. The molecule has 17 heavy (non-hydrogen) atoms. The molecule has 0 bridgehead atoms. The highest BCUT2D eigenvalue weighted by atomic mass is 16.7. The zero-order valence-electron chi connectivity index (χ0n) is 10.8. The minimum atomic E-state index is -0.714. The smallest absolute Gasteiger partial charge is 0.317 e. The Kier molecular flexibility index (Phi) is 3.73. The van der Waals surface area contributed by atoms with Crippen molar-refractivity contribution in [2.45, 2.75) is 51.2 Å². The third-order valence-corrected chi connectivity index (χ3v) is 4.13. The minimum Gasteiger partial charge on any atom is -0.468 e. The molecule has 1 heterocycles. The zero-order valence-corrected chi connectivity index (χ0v) is 10.8. The Balaban J connectivity index is 2.21. The lowest BCUT2D eigenvalue weighted by molar-refractivity contribution is -0.266. The maximum Gasteiger partial charge on any atom is 0.317 e. The van der Waals surface area contributed by atoms with Crippen LogP contribution in [-0.2, 0) is 19.0 Å². The molecule has 0 radical (unpaired) electrons. The first-order valence-electron chi connectivity index (χ1n) is 6.57. The molecule has 0 unspecified atom stereocenters. The van der Waals surface area contributed by atoms with E-state index in [1.54, 1.807) is 0 Å². The van der Waals surface area contributed by atoms with E-state index in [0.29, 0.717) is 13.2 Å². The Morgan fingerprint density at radius 1 is 1.29 bits per heavy atom. The molecule has 1 aliphatic carbocycles. The average Bonchev–Trinajstić information content (AvgIpc) is 2.74. The van der Waals surface area contributed by atoms with Crippen molar-refractivity contribution in [3.05, 3.63) is 0 Å². The van der Waals surface area contributed by atoms with E-state index in [1.165, 1.54) is 7.11 Å². The highest BCUT2D eigenvalue weighted by Crippen LogP contribution is 2.55. The van der Waals surface area contributed by atoms with Crippen LogP contribution >= 0.6 is 0 Å². The number of unbranched alkanes of at least 4 members (excludes halogenated alkanes) is 1. The molecule has 0 aromatic heterocycles. The van der Waals surface area contributed by atoms with Gasteiger partial charge in [-0.05, 0) is 19.3 Å². The third-order valence-electron chi connectivity index (χ3n) is 4.13. The van der Waals surface area contributed by atoms with Crippen LogP contribution in [0.25, 0.3) is 0 Å². The molecule has 0 amide bonds. The SMILES string of the molecule is CCCCC1(C2(C(=O)OC)CCC2)OCCO1. The maximum atomic E-state index is 12.1. The molecule has 2 aliphatic rings. The van der Waals surface area contributed by atoms with E-state index in [0.717, 1.165) is 38.5 Å². The summed E-state index contributed by atoms with van der Waals surface area (Å²) in [5.41, 5.74) is -0.548. The summed E-state index contributed by atoms with van der Waals surface area (Å²) in [6, 6.07) is 0. The summed E-state index contributed by atoms with van der Waals surface area (Å²) in [6.45, 7) is 3.30. The van der Waals surface area contributed by atoms with Crippen LogP contribution in [0.5, 0.6) is 0 Å². The van der Waals surface area contributed by atoms with E-state index in [9.17, 15) is 4.79 Å². The first-order chi connectivity index (χ1) is 8.21. The predicted molar refractivity (Wildman–Crippen MR) is 62.5 cm³/mol. The molecule has 2 rings (SSSR count). The Morgan fingerprint density at radius 3 is 2.35 bits per heavy atom. The van der Waals surface area contributed by atoms with Crippen LogP contribution < -0.4 is 0 Å². The number of carbonyl (C=O) groups excluding carboxylic acids is 1. The van der Waals surface area contributed by atoms with Crippen LogP contribution in [-0.4, -0.2) is 32.1 Å². The predicted octanol–water partition coefficient (Wildman–Crippen LogP) is 2.26. The van der Waals surface area contributed by atoms with E-state index >= 15 is 0 Å². The van der Waals surface area contributed by atoms with Crippen molar-refractivity contribution >= 4 is 5.97 Å². The largest absolute Gasteiger partial charge is 0.468 e. The van der Waals surface area contributed by atoms with Crippen molar-refractivity contribution in [1.29, 1.82) is 0 Å². The molecule has 4 nitrogen and oxygen atoms in total. The van der Waals surface area contributed by atoms with Crippen molar-refractivity contribution in [3.8, 4) is 0 Å². The summed E-state index contributed by atoms with van der Waals surface area (Å²) in [4.78, 5) is 12.1. The zero-order chi connectivity index (χ0) is 12.4. The van der Waals surface area contributed by atoms with E-state index in [4.69, 9.17) is 14.2 Å². The third kappa shape index (κ3) is 1.87. The van der Waals surface area contributed by atoms with E-state index in [-0.39, 0.29) is 5.97 Å². The quantitative estimate of drug-likeness (QED) is 0.694. The highest BCUT2D eigenvalue weighted by molar-refractivity contribution is 5.79. The average molecular weight is 242 g/mol. The molecule has 1 saturated carbocycles. The van der Waals surface area contributed by atoms with Gasteiger partial charge in [-0.15, -0.1) is 0 Å². The van der Waals surface area contributed by atoms with Gasteiger partial charge in [-0.25, -0.2) is 0 Å². The maximum absolute atomic E-state index is 12.1. The van der Waals surface area contributed by atoms with Gasteiger partial charge in [0.1, 0.15) is 5.41 Å². The molecule has 0 spiro atoms. The second-order valence-electron chi connectivity index (χ2n) is 4.98. The summed E-state index contributed by atoms with van der Waals surface area (Å²) in [6.07, 6.45) is 5.57. The normalized spacial score (nSPS) is 25.3. The molecule has 98 valence electrons. The fraction of sp³-hybridized carbons (Fsp3) is 0.923. The second kappa shape index (κ2) is 4.94. The van der Waals surface area contributed by atoms with Gasteiger partial charge in [0, 0.05) is 6.42 Å². The van der Waals surface area contributed by atoms with Gasteiger partial charge in [-0.2, -0.15) is 0 Å². The van der Waals surface area contributed by atoms with Crippen LogP contribution in [0.15, 0.2) is 0 Å². The van der Waals surface area contributed by atoms with Crippen molar-refractivity contribution in [2.24, 2.45) is 5.41 Å². The fourth-order valence-corrected chi connectivity index (χ4v) is 2.99. The van der Waals surface area contributed by atoms with Crippen LogP contribution in [0.2, 0.25) is 0 Å². The molecule has 0 aromatic carbocycles. The van der Waals surface area contributed by atoms with Crippen LogP contribution in [0.1, 0.15) is 45.4 Å². The molecule has 0 N–H and O–H groups in total. The summed E-state index contributed by atoms with van der Waals surface area (Å²) >= 11 is 0. The Labute approximate surface area is 103 Å². The van der Waals surface area contributed by atoms with E-state index in [1.807, 2.05) is 0 Å². The van der Waals surface area contributed by atoms with Gasteiger partial charge in [-0.1, -0.05) is 19.8 Å². The number of esters is 1. The van der Waals surface area contributed by atoms with E-state index < -0.39 is 11.2 Å². The van der Waals surface area contributed by atoms with Gasteiger partial charge < -0.3 is 14.2 Å². The molecule has 1 aliphatic heterocycles. The van der Waals surface area contributed by atoms with E-state index in [2.05, 4.69) is 6.92 Å². The monoisotopic (exact) mass is 242 g/mol. The molecular weight excluding hydrogens is 220 g/mol. The molecule has 0 aromatic rings. The summed E-state index contributed by atoms with van der Waals surface area (Å²) < 4.78 is 16.7.